The highest BCUT2D eigenvalue weighted by molar-refractivity contribution is 6.31. The Morgan fingerprint density at radius 1 is 1.50 bits per heavy atom. The van der Waals surface area contributed by atoms with E-state index in [1.54, 1.807) is 19.2 Å². The van der Waals surface area contributed by atoms with E-state index in [4.69, 9.17) is 21.6 Å². The fraction of sp³-hybridized carbons (Fsp3) is 0.222. The Bertz CT molecular complexity index is 341. The second-order valence-electron chi connectivity index (χ2n) is 2.40. The molecule has 1 aromatic carbocycles. The van der Waals surface area contributed by atoms with Gasteiger partial charge < -0.3 is 4.74 Å². The summed E-state index contributed by atoms with van der Waals surface area (Å²) in [6.07, 6.45) is 0. The number of benzene rings is 1. The van der Waals surface area contributed by atoms with Crippen molar-refractivity contribution in [2.24, 2.45) is 0 Å². The minimum absolute atomic E-state index is 0.516. The third kappa shape index (κ3) is 1.51. The average molecular weight is 182 g/mol. The van der Waals surface area contributed by atoms with Gasteiger partial charge in [-0.05, 0) is 19.1 Å². The number of rotatable bonds is 1. The summed E-state index contributed by atoms with van der Waals surface area (Å²) in [5.41, 5.74) is 1.38. The monoisotopic (exact) mass is 181 g/mol. The van der Waals surface area contributed by atoms with Crippen molar-refractivity contribution >= 4 is 11.6 Å². The molecule has 0 aliphatic heterocycles. The fourth-order valence-electron chi connectivity index (χ4n) is 0.930. The van der Waals surface area contributed by atoms with E-state index >= 15 is 0 Å². The predicted octanol–water partition coefficient (Wildman–Crippen LogP) is 2.53. The molecule has 0 spiro atoms. The number of hydrogen-bond donors (Lipinski definition) is 0. The van der Waals surface area contributed by atoms with Crippen LogP contribution in [0.15, 0.2) is 12.1 Å². The van der Waals surface area contributed by atoms with Crippen LogP contribution in [0.1, 0.15) is 11.1 Å². The highest BCUT2D eigenvalue weighted by atomic mass is 35.5. The molecule has 0 atom stereocenters. The van der Waals surface area contributed by atoms with Crippen LogP contribution in [0, 0.1) is 18.3 Å². The second-order valence-corrected chi connectivity index (χ2v) is 2.80. The molecular formula is C9H8ClNO. The molecule has 1 rings (SSSR count). The maximum absolute atomic E-state index is 8.61. The lowest BCUT2D eigenvalue weighted by atomic mass is 10.1. The summed E-state index contributed by atoms with van der Waals surface area (Å²) in [7, 11) is 1.56. The van der Waals surface area contributed by atoms with Crippen LogP contribution in [-0.2, 0) is 0 Å². The standard InChI is InChI=1S/C9H8ClNO/c1-6-8(10)3-7(5-11)4-9(6)12-2/h3-4H,1-2H3. The van der Waals surface area contributed by atoms with Gasteiger partial charge in [0.2, 0.25) is 0 Å². The van der Waals surface area contributed by atoms with Gasteiger partial charge in [0.1, 0.15) is 5.75 Å². The summed E-state index contributed by atoms with van der Waals surface area (Å²) >= 11 is 5.85. The molecular weight excluding hydrogens is 174 g/mol. The normalized spacial score (nSPS) is 9.17. The fourth-order valence-corrected chi connectivity index (χ4v) is 1.14. The third-order valence-corrected chi connectivity index (χ3v) is 2.04. The molecule has 2 nitrogen and oxygen atoms in total. The molecule has 3 heteroatoms. The van der Waals surface area contributed by atoms with E-state index in [-0.39, 0.29) is 0 Å². The molecule has 0 bridgehead atoms. The van der Waals surface area contributed by atoms with E-state index < -0.39 is 0 Å². The van der Waals surface area contributed by atoms with Gasteiger partial charge in [0.05, 0.1) is 18.7 Å². The minimum Gasteiger partial charge on any atom is -0.496 e. The van der Waals surface area contributed by atoms with Crippen molar-refractivity contribution in [3.63, 3.8) is 0 Å². The molecule has 0 aliphatic carbocycles. The van der Waals surface area contributed by atoms with Crippen molar-refractivity contribution < 1.29 is 4.74 Å². The first-order valence-corrected chi connectivity index (χ1v) is 3.81. The Morgan fingerprint density at radius 3 is 2.67 bits per heavy atom. The summed E-state index contributed by atoms with van der Waals surface area (Å²) in [5.74, 6) is 0.652. The Hall–Kier alpha value is -1.20. The van der Waals surface area contributed by atoms with Gasteiger partial charge >= 0.3 is 0 Å². The molecule has 62 valence electrons. The number of nitriles is 1. The molecule has 0 heterocycles. The van der Waals surface area contributed by atoms with Crippen molar-refractivity contribution in [2.45, 2.75) is 6.92 Å². The summed E-state index contributed by atoms with van der Waals surface area (Å²) in [6, 6.07) is 5.30. The van der Waals surface area contributed by atoms with E-state index in [0.717, 1.165) is 5.56 Å². The number of halogens is 1. The topological polar surface area (TPSA) is 33.0 Å². The van der Waals surface area contributed by atoms with Gasteiger partial charge in [0.25, 0.3) is 0 Å². The van der Waals surface area contributed by atoms with Crippen LogP contribution in [-0.4, -0.2) is 7.11 Å². The quantitative estimate of drug-likeness (QED) is 0.667. The lowest BCUT2D eigenvalue weighted by Crippen LogP contribution is -1.89. The smallest absolute Gasteiger partial charge is 0.124 e. The Labute approximate surface area is 76.3 Å². The maximum atomic E-state index is 8.61. The van der Waals surface area contributed by atoms with Crippen molar-refractivity contribution in [3.05, 3.63) is 28.3 Å². The molecule has 0 saturated carbocycles. The number of methoxy groups -OCH3 is 1. The van der Waals surface area contributed by atoms with Crippen molar-refractivity contribution in [2.75, 3.05) is 7.11 Å². The molecule has 0 saturated heterocycles. The molecule has 0 amide bonds. The van der Waals surface area contributed by atoms with Crippen LogP contribution in [0.3, 0.4) is 0 Å². The molecule has 1 aromatic rings. The van der Waals surface area contributed by atoms with Gasteiger partial charge in [-0.1, -0.05) is 11.6 Å². The Morgan fingerprint density at radius 2 is 2.17 bits per heavy atom. The Kier molecular flexibility index (Phi) is 2.57. The Balaban J connectivity index is 3.31. The number of nitrogens with zero attached hydrogens (tertiary/aromatic N) is 1. The van der Waals surface area contributed by atoms with E-state index in [1.807, 2.05) is 13.0 Å². The van der Waals surface area contributed by atoms with E-state index in [9.17, 15) is 0 Å². The summed E-state index contributed by atoms with van der Waals surface area (Å²) < 4.78 is 5.03. The SMILES string of the molecule is COc1cc(C#N)cc(Cl)c1C. The lowest BCUT2D eigenvalue weighted by molar-refractivity contribution is 0.411. The van der Waals surface area contributed by atoms with Crippen molar-refractivity contribution in [1.29, 1.82) is 5.26 Å². The van der Waals surface area contributed by atoms with E-state index in [0.29, 0.717) is 16.3 Å². The highest BCUT2D eigenvalue weighted by Gasteiger charge is 2.04. The minimum atomic E-state index is 0.516. The van der Waals surface area contributed by atoms with Crippen molar-refractivity contribution in [1.82, 2.24) is 0 Å². The zero-order chi connectivity index (χ0) is 9.14. The van der Waals surface area contributed by atoms with Gasteiger partial charge in [0, 0.05) is 10.6 Å². The lowest BCUT2D eigenvalue weighted by Gasteiger charge is -2.05. The first kappa shape index (κ1) is 8.89. The van der Waals surface area contributed by atoms with Crippen LogP contribution < -0.4 is 4.74 Å². The van der Waals surface area contributed by atoms with E-state index in [2.05, 4.69) is 0 Å². The zero-order valence-corrected chi connectivity index (χ0v) is 7.64. The number of ether oxygens (including phenoxy) is 1. The van der Waals surface area contributed by atoms with Crippen LogP contribution >= 0.6 is 11.6 Å². The van der Waals surface area contributed by atoms with Crippen LogP contribution in [0.2, 0.25) is 5.02 Å². The second kappa shape index (κ2) is 3.46. The van der Waals surface area contributed by atoms with Crippen LogP contribution in [0.25, 0.3) is 0 Å². The molecule has 0 unspecified atom stereocenters. The summed E-state index contributed by atoms with van der Waals surface area (Å²) in [4.78, 5) is 0. The summed E-state index contributed by atoms with van der Waals surface area (Å²) in [6.45, 7) is 1.85. The van der Waals surface area contributed by atoms with Gasteiger partial charge in [-0.2, -0.15) is 5.26 Å². The molecule has 0 fully saturated rings. The first-order valence-electron chi connectivity index (χ1n) is 3.43. The van der Waals surface area contributed by atoms with Gasteiger partial charge in [-0.3, -0.25) is 0 Å². The molecule has 0 aliphatic rings. The largest absolute Gasteiger partial charge is 0.496 e. The van der Waals surface area contributed by atoms with Gasteiger partial charge in [-0.15, -0.1) is 0 Å². The van der Waals surface area contributed by atoms with Crippen LogP contribution in [0.4, 0.5) is 0 Å². The van der Waals surface area contributed by atoms with E-state index in [1.165, 1.54) is 0 Å². The van der Waals surface area contributed by atoms with Crippen molar-refractivity contribution in [3.8, 4) is 11.8 Å². The zero-order valence-electron chi connectivity index (χ0n) is 6.89. The van der Waals surface area contributed by atoms with Gasteiger partial charge in [-0.25, -0.2) is 0 Å². The van der Waals surface area contributed by atoms with Crippen LogP contribution in [0.5, 0.6) is 5.75 Å². The number of hydrogen-bond acceptors (Lipinski definition) is 2. The van der Waals surface area contributed by atoms with Gasteiger partial charge in [0.15, 0.2) is 0 Å². The molecule has 0 radical (unpaired) electrons. The first-order chi connectivity index (χ1) is 5.69. The molecule has 12 heavy (non-hydrogen) atoms. The molecule has 0 aromatic heterocycles. The highest BCUT2D eigenvalue weighted by Crippen LogP contribution is 2.26. The maximum Gasteiger partial charge on any atom is 0.124 e. The predicted molar refractivity (Wildman–Crippen MR) is 47.5 cm³/mol. The molecule has 0 N–H and O–H groups in total. The average Bonchev–Trinajstić information content (AvgIpc) is 2.09. The third-order valence-electron chi connectivity index (χ3n) is 1.65. The summed E-state index contributed by atoms with van der Waals surface area (Å²) in [5, 5.41) is 9.17.